The van der Waals surface area contributed by atoms with Crippen molar-refractivity contribution in [2.75, 3.05) is 17.1 Å². The number of hydrogen-bond donors (Lipinski definition) is 0. The summed E-state index contributed by atoms with van der Waals surface area (Å²) in [6.07, 6.45) is 5.77. The normalized spacial score (nSPS) is 19.7. The second kappa shape index (κ2) is 13.4. The molecule has 12 aromatic rings. The van der Waals surface area contributed by atoms with Gasteiger partial charge in [-0.2, -0.15) is 20.1 Å². The van der Waals surface area contributed by atoms with Gasteiger partial charge in [0.2, 0.25) is 0 Å². The van der Waals surface area contributed by atoms with E-state index in [-0.39, 0.29) is 0 Å². The highest BCUT2D eigenvalue weighted by atomic mass is 32.3. The first-order chi connectivity index (χ1) is 32.3. The van der Waals surface area contributed by atoms with Gasteiger partial charge in [-0.1, -0.05) is 119 Å². The maximum absolute atomic E-state index is 7.08. The number of benzene rings is 8. The summed E-state index contributed by atoms with van der Waals surface area (Å²) >= 11 is 0. The summed E-state index contributed by atoms with van der Waals surface area (Å²) in [5.74, 6) is 1.96. The molecule has 3 aliphatic heterocycles. The molecule has 3 aliphatic rings. The van der Waals surface area contributed by atoms with Gasteiger partial charge < -0.3 is 17.7 Å². The van der Waals surface area contributed by atoms with E-state index in [0.717, 1.165) is 99.5 Å². The fourth-order valence-electron chi connectivity index (χ4n) is 12.0. The molecule has 0 saturated carbocycles. The van der Waals surface area contributed by atoms with Crippen molar-refractivity contribution < 1.29 is 17.7 Å². The Balaban J connectivity index is 0.00000135. The van der Waals surface area contributed by atoms with Crippen LogP contribution in [0.3, 0.4) is 0 Å². The molecule has 15 rings (SSSR count). The highest BCUT2D eigenvalue weighted by molar-refractivity contribution is 8.51. The molecule has 66 heavy (non-hydrogen) atoms. The van der Waals surface area contributed by atoms with Gasteiger partial charge in [0.15, 0.2) is 0 Å². The minimum Gasteiger partial charge on any atom is -0.461 e. The van der Waals surface area contributed by atoms with Crippen LogP contribution >= 0.6 is 20.1 Å². The summed E-state index contributed by atoms with van der Waals surface area (Å²) < 4.78 is 26.9. The Morgan fingerprint density at radius 1 is 0.515 bits per heavy atom. The number of hydrogen-bond acceptors (Lipinski definition) is 4. The minimum atomic E-state index is -1.51. The van der Waals surface area contributed by atoms with E-state index in [0.29, 0.717) is 0 Å². The van der Waals surface area contributed by atoms with Gasteiger partial charge in [0, 0.05) is 90.2 Å². The molecule has 6 heteroatoms. The number of rotatable bonds is 4. The van der Waals surface area contributed by atoms with Gasteiger partial charge >= 0.3 is 0 Å². The molecule has 322 valence electrons. The maximum atomic E-state index is 7.08. The fraction of sp³-hybridized carbons (Fsp3) is 0.133. The Hall–Kier alpha value is -6.86. The molecular weight excluding hydrogens is 849 g/mol. The lowest BCUT2D eigenvalue weighted by Gasteiger charge is -2.39. The number of furan rings is 4. The van der Waals surface area contributed by atoms with E-state index < -0.39 is 20.1 Å². The van der Waals surface area contributed by atoms with Crippen molar-refractivity contribution in [3.63, 3.8) is 0 Å². The molecule has 2 unspecified atom stereocenters. The fourth-order valence-corrected chi connectivity index (χ4v) is 24.1. The summed E-state index contributed by atoms with van der Waals surface area (Å²) in [6, 6.07) is 48.8. The summed E-state index contributed by atoms with van der Waals surface area (Å²) in [7, 11) is -3.00. The van der Waals surface area contributed by atoms with E-state index in [9.17, 15) is 0 Å². The van der Waals surface area contributed by atoms with Crippen LogP contribution in [0.5, 0.6) is 0 Å². The Bertz CT molecular complexity index is 4140. The Morgan fingerprint density at radius 2 is 1.08 bits per heavy atom. The first kappa shape index (κ1) is 38.4. The van der Waals surface area contributed by atoms with Crippen molar-refractivity contribution in [3.05, 3.63) is 151 Å². The van der Waals surface area contributed by atoms with Crippen molar-refractivity contribution in [2.24, 2.45) is 0 Å². The van der Waals surface area contributed by atoms with Crippen LogP contribution in [0.2, 0.25) is 0 Å². The first-order valence-electron chi connectivity index (χ1n) is 23.1. The zero-order valence-corrected chi connectivity index (χ0v) is 39.2. The minimum absolute atomic E-state index is 0.881. The standard InChI is InChI=1S/C57H38O4S2.C3H8/c1-5-33-30(3)58-46-25-31(19-21-35(33)46)41-27-49-52(55-50(41)37-14-8-11-17-44(37)61-55)40-24-23-39-51-48(62(4)29-63(49,6-2)57(40)56(39)62)28-42(54-53(51)38-15-9-12-18-45(38)60-54)32-20-22-36-34-13-7-10-16-43(34)59-47(36)26-32;1-3-2/h5,7-28H,1,6,29H2,2-4H3;3H2,1-2H3. The molecule has 0 saturated heterocycles. The summed E-state index contributed by atoms with van der Waals surface area (Å²) in [5, 5.41) is 9.18. The van der Waals surface area contributed by atoms with Crippen molar-refractivity contribution in [1.29, 1.82) is 0 Å². The van der Waals surface area contributed by atoms with Crippen LogP contribution in [-0.2, 0) is 0 Å². The smallest absolute Gasteiger partial charge is 0.144 e. The SMILES string of the molecule is C=Cc1c(C)oc2cc(-c3cc4c(c5oc6ccccc6c35)-c3ccc5c6c3S4(CC)CS6(C)c3cc(-c4ccc6c(c4)oc4ccccc46)c4oc6ccccc6c4c3-5)ccc12.CCC. The number of aryl methyl sites for hydroxylation is 1. The van der Waals surface area contributed by atoms with Crippen molar-refractivity contribution in [3.8, 4) is 44.5 Å². The van der Waals surface area contributed by atoms with Gasteiger partial charge in [-0.15, -0.1) is 0 Å². The lowest BCUT2D eigenvalue weighted by Crippen LogP contribution is -2.06. The Morgan fingerprint density at radius 3 is 1.77 bits per heavy atom. The van der Waals surface area contributed by atoms with Gasteiger partial charge in [-0.25, -0.2) is 0 Å². The number of para-hydroxylation sites is 3. The molecule has 0 aliphatic carbocycles. The average Bonchev–Trinajstić information content (AvgIpc) is 4.20. The number of fused-ring (bicyclic) bond motifs is 18. The molecule has 0 amide bonds. The third-order valence-electron chi connectivity index (χ3n) is 14.7. The van der Waals surface area contributed by atoms with E-state index >= 15 is 0 Å². The van der Waals surface area contributed by atoms with Crippen LogP contribution in [0.25, 0.3) is 127 Å². The van der Waals surface area contributed by atoms with Crippen LogP contribution in [0.15, 0.2) is 177 Å². The van der Waals surface area contributed by atoms with Gasteiger partial charge in [0.05, 0.1) is 0 Å². The molecule has 0 fully saturated rings. The lowest BCUT2D eigenvalue weighted by molar-refractivity contribution is 0.577. The van der Waals surface area contributed by atoms with Gasteiger partial charge in [-0.3, -0.25) is 0 Å². The van der Waals surface area contributed by atoms with Crippen LogP contribution in [-0.4, -0.2) is 17.1 Å². The zero-order chi connectivity index (χ0) is 44.4. The molecule has 0 N–H and O–H groups in total. The van der Waals surface area contributed by atoms with E-state index in [1.807, 2.05) is 19.1 Å². The molecule has 2 atom stereocenters. The van der Waals surface area contributed by atoms with Crippen LogP contribution in [0.4, 0.5) is 0 Å². The molecule has 0 spiro atoms. The third-order valence-corrected chi connectivity index (χ3v) is 24.3. The summed E-state index contributed by atoms with van der Waals surface area (Å²) in [4.78, 5) is 6.11. The summed E-state index contributed by atoms with van der Waals surface area (Å²) in [6.45, 7) is 12.8. The molecule has 7 heterocycles. The molecule has 4 nitrogen and oxygen atoms in total. The van der Waals surface area contributed by atoms with E-state index in [4.69, 9.17) is 17.7 Å². The molecular formula is C60H46O4S2. The van der Waals surface area contributed by atoms with Crippen molar-refractivity contribution in [2.45, 2.75) is 53.7 Å². The molecule has 4 aromatic heterocycles. The van der Waals surface area contributed by atoms with E-state index in [2.05, 4.69) is 161 Å². The zero-order valence-electron chi connectivity index (χ0n) is 37.6. The topological polar surface area (TPSA) is 52.6 Å². The van der Waals surface area contributed by atoms with Crippen LogP contribution < -0.4 is 0 Å². The molecule has 0 bridgehead atoms. The Labute approximate surface area is 385 Å². The van der Waals surface area contributed by atoms with Crippen LogP contribution in [0, 0.1) is 6.92 Å². The monoisotopic (exact) mass is 894 g/mol. The lowest BCUT2D eigenvalue weighted by atomic mass is 9.92. The predicted octanol–water partition coefficient (Wildman–Crippen LogP) is 18.9. The first-order valence-corrected chi connectivity index (χ1v) is 27.2. The van der Waals surface area contributed by atoms with Crippen molar-refractivity contribution in [1.82, 2.24) is 0 Å². The highest BCUT2D eigenvalue weighted by Gasteiger charge is 2.56. The largest absolute Gasteiger partial charge is 0.461 e. The summed E-state index contributed by atoms with van der Waals surface area (Å²) in [5.41, 5.74) is 17.5. The Kier molecular flexibility index (Phi) is 7.78. The molecule has 8 aromatic carbocycles. The second-order valence-corrected chi connectivity index (χ2v) is 25.6. The molecule has 0 radical (unpaired) electrons. The third kappa shape index (κ3) is 4.68. The average molecular weight is 895 g/mol. The maximum Gasteiger partial charge on any atom is 0.144 e. The van der Waals surface area contributed by atoms with Crippen molar-refractivity contribution >= 4 is 103 Å². The van der Waals surface area contributed by atoms with Gasteiger partial charge in [-0.05, 0) is 95.8 Å². The second-order valence-electron chi connectivity index (χ2n) is 18.4. The van der Waals surface area contributed by atoms with Gasteiger partial charge in [0.1, 0.15) is 44.8 Å². The van der Waals surface area contributed by atoms with E-state index in [1.165, 1.54) is 60.2 Å². The predicted molar refractivity (Wildman–Crippen MR) is 280 cm³/mol. The van der Waals surface area contributed by atoms with Gasteiger partial charge in [0.25, 0.3) is 0 Å². The van der Waals surface area contributed by atoms with E-state index in [1.54, 1.807) is 9.79 Å². The highest BCUT2D eigenvalue weighted by Crippen LogP contribution is 2.91. The quantitative estimate of drug-likeness (QED) is 0.177. The van der Waals surface area contributed by atoms with Crippen LogP contribution in [0.1, 0.15) is 38.5 Å².